The summed E-state index contributed by atoms with van der Waals surface area (Å²) in [5.74, 6) is 0. The van der Waals surface area contributed by atoms with Crippen LogP contribution in [0.4, 0.5) is 0 Å². The summed E-state index contributed by atoms with van der Waals surface area (Å²) in [5, 5.41) is 0. The van der Waals surface area contributed by atoms with Gasteiger partial charge in [-0.3, -0.25) is 0 Å². The summed E-state index contributed by atoms with van der Waals surface area (Å²) in [6.07, 6.45) is 0. The standard InChI is InChI=1S/C20H21N/c1-15-14-20(19-12-8-5-9-13-19)17(3)21(15)16(2)18-10-6-4-7-11-18/h4-14,16H,1-3H3/t16-/m0/s1. The van der Waals surface area contributed by atoms with Crippen LogP contribution in [0.1, 0.15) is 29.9 Å². The van der Waals surface area contributed by atoms with Crippen LogP contribution in [0.3, 0.4) is 0 Å². The van der Waals surface area contributed by atoms with E-state index in [9.17, 15) is 0 Å². The maximum atomic E-state index is 2.43. The number of rotatable bonds is 3. The Morgan fingerprint density at radius 1 is 0.810 bits per heavy atom. The molecule has 1 atom stereocenters. The van der Waals surface area contributed by atoms with Crippen LogP contribution in [0.2, 0.25) is 0 Å². The summed E-state index contributed by atoms with van der Waals surface area (Å²) < 4.78 is 2.43. The molecule has 1 heterocycles. The van der Waals surface area contributed by atoms with Gasteiger partial charge >= 0.3 is 0 Å². The highest BCUT2D eigenvalue weighted by molar-refractivity contribution is 5.67. The normalized spacial score (nSPS) is 12.3. The van der Waals surface area contributed by atoms with Crippen molar-refractivity contribution in [3.63, 3.8) is 0 Å². The molecule has 0 aliphatic carbocycles. The van der Waals surface area contributed by atoms with Crippen molar-refractivity contribution in [3.8, 4) is 11.1 Å². The van der Waals surface area contributed by atoms with Crippen LogP contribution in [0.25, 0.3) is 11.1 Å². The van der Waals surface area contributed by atoms with E-state index in [1.165, 1.54) is 28.1 Å². The van der Waals surface area contributed by atoms with Gasteiger partial charge in [0, 0.05) is 17.0 Å². The van der Waals surface area contributed by atoms with E-state index in [1.54, 1.807) is 0 Å². The van der Waals surface area contributed by atoms with Crippen LogP contribution in [0.15, 0.2) is 66.7 Å². The Morgan fingerprint density at radius 2 is 1.38 bits per heavy atom. The smallest absolute Gasteiger partial charge is 0.0557 e. The van der Waals surface area contributed by atoms with Crippen LogP contribution < -0.4 is 0 Å². The van der Waals surface area contributed by atoms with E-state index in [1.807, 2.05) is 0 Å². The molecule has 0 aliphatic heterocycles. The Balaban J connectivity index is 2.07. The molecule has 0 saturated heterocycles. The highest BCUT2D eigenvalue weighted by atomic mass is 15.0. The molecule has 0 fully saturated rings. The third kappa shape index (κ3) is 2.52. The highest BCUT2D eigenvalue weighted by Gasteiger charge is 2.16. The van der Waals surface area contributed by atoms with E-state index in [-0.39, 0.29) is 0 Å². The second-order valence-electron chi connectivity index (χ2n) is 5.61. The van der Waals surface area contributed by atoms with Gasteiger partial charge in [0.2, 0.25) is 0 Å². The van der Waals surface area contributed by atoms with Crippen LogP contribution >= 0.6 is 0 Å². The van der Waals surface area contributed by atoms with Crippen molar-refractivity contribution in [1.29, 1.82) is 0 Å². The predicted molar refractivity (Wildman–Crippen MR) is 89.6 cm³/mol. The Morgan fingerprint density at radius 3 is 2.00 bits per heavy atom. The van der Waals surface area contributed by atoms with E-state index in [0.717, 1.165) is 0 Å². The first kappa shape index (κ1) is 13.7. The van der Waals surface area contributed by atoms with Crippen molar-refractivity contribution in [2.24, 2.45) is 0 Å². The lowest BCUT2D eigenvalue weighted by atomic mass is 10.1. The molecule has 0 spiro atoms. The summed E-state index contributed by atoms with van der Waals surface area (Å²) >= 11 is 0. The van der Waals surface area contributed by atoms with Gasteiger partial charge in [0.1, 0.15) is 0 Å². The molecule has 1 aromatic heterocycles. The predicted octanol–water partition coefficient (Wildman–Crippen LogP) is 5.38. The van der Waals surface area contributed by atoms with E-state index in [2.05, 4.69) is 92.1 Å². The van der Waals surface area contributed by atoms with Crippen molar-refractivity contribution in [1.82, 2.24) is 4.57 Å². The van der Waals surface area contributed by atoms with Crippen LogP contribution in [0, 0.1) is 13.8 Å². The van der Waals surface area contributed by atoms with Crippen molar-refractivity contribution in [2.45, 2.75) is 26.8 Å². The molecule has 106 valence electrons. The van der Waals surface area contributed by atoms with Gasteiger partial charge in [-0.1, -0.05) is 60.7 Å². The fourth-order valence-corrected chi connectivity index (χ4v) is 3.16. The zero-order valence-corrected chi connectivity index (χ0v) is 12.9. The Kier molecular flexibility index (Phi) is 3.66. The molecule has 0 unspecified atom stereocenters. The van der Waals surface area contributed by atoms with E-state index in [4.69, 9.17) is 0 Å². The second kappa shape index (κ2) is 5.61. The van der Waals surface area contributed by atoms with Gasteiger partial charge in [-0.15, -0.1) is 0 Å². The lowest BCUT2D eigenvalue weighted by Crippen LogP contribution is -2.10. The average Bonchev–Trinajstić information content (AvgIpc) is 2.83. The largest absolute Gasteiger partial charge is 0.341 e. The SMILES string of the molecule is Cc1cc(-c2ccccc2)c(C)n1[C@@H](C)c1ccccc1. The second-order valence-corrected chi connectivity index (χ2v) is 5.61. The number of hydrogen-bond acceptors (Lipinski definition) is 0. The summed E-state index contributed by atoms with van der Waals surface area (Å²) in [6, 6.07) is 24.0. The fraction of sp³-hybridized carbons (Fsp3) is 0.200. The number of nitrogens with zero attached hydrogens (tertiary/aromatic N) is 1. The fourth-order valence-electron chi connectivity index (χ4n) is 3.16. The van der Waals surface area contributed by atoms with Gasteiger partial charge in [0.15, 0.2) is 0 Å². The summed E-state index contributed by atoms with van der Waals surface area (Å²) in [6.45, 7) is 6.68. The zero-order valence-electron chi connectivity index (χ0n) is 12.9. The lowest BCUT2D eigenvalue weighted by molar-refractivity contribution is 0.611. The van der Waals surface area contributed by atoms with E-state index in [0.29, 0.717) is 6.04 Å². The molecule has 3 rings (SSSR count). The first-order valence-electron chi connectivity index (χ1n) is 7.47. The summed E-state index contributed by atoms with van der Waals surface area (Å²) in [4.78, 5) is 0. The molecule has 0 N–H and O–H groups in total. The molecule has 0 radical (unpaired) electrons. The van der Waals surface area contributed by atoms with Gasteiger partial charge in [0.05, 0.1) is 6.04 Å². The summed E-state index contributed by atoms with van der Waals surface area (Å²) in [5.41, 5.74) is 6.60. The van der Waals surface area contributed by atoms with Gasteiger partial charge in [-0.25, -0.2) is 0 Å². The van der Waals surface area contributed by atoms with Crippen molar-refractivity contribution in [3.05, 3.63) is 83.7 Å². The summed E-state index contributed by atoms with van der Waals surface area (Å²) in [7, 11) is 0. The Bertz CT molecular complexity index is 723. The molecule has 0 saturated carbocycles. The van der Waals surface area contributed by atoms with Crippen LogP contribution in [0.5, 0.6) is 0 Å². The molecule has 0 aliphatic rings. The molecular weight excluding hydrogens is 254 g/mol. The van der Waals surface area contributed by atoms with Crippen molar-refractivity contribution in [2.75, 3.05) is 0 Å². The minimum atomic E-state index is 0.351. The highest BCUT2D eigenvalue weighted by Crippen LogP contribution is 2.31. The lowest BCUT2D eigenvalue weighted by Gasteiger charge is -2.19. The molecule has 0 amide bonds. The maximum Gasteiger partial charge on any atom is 0.0557 e. The monoisotopic (exact) mass is 275 g/mol. The van der Waals surface area contributed by atoms with Gasteiger partial charge in [-0.05, 0) is 38.0 Å². The Hall–Kier alpha value is -2.28. The molecule has 3 aromatic rings. The van der Waals surface area contributed by atoms with Crippen molar-refractivity contribution >= 4 is 0 Å². The first-order valence-corrected chi connectivity index (χ1v) is 7.47. The third-order valence-corrected chi connectivity index (χ3v) is 4.24. The molecule has 21 heavy (non-hydrogen) atoms. The van der Waals surface area contributed by atoms with E-state index >= 15 is 0 Å². The topological polar surface area (TPSA) is 4.93 Å². The minimum absolute atomic E-state index is 0.351. The number of hydrogen-bond donors (Lipinski definition) is 0. The van der Waals surface area contributed by atoms with Gasteiger partial charge in [-0.2, -0.15) is 0 Å². The average molecular weight is 275 g/mol. The van der Waals surface area contributed by atoms with Crippen molar-refractivity contribution < 1.29 is 0 Å². The Labute approximate surface area is 126 Å². The van der Waals surface area contributed by atoms with Crippen LogP contribution in [-0.4, -0.2) is 4.57 Å². The molecule has 2 aromatic carbocycles. The molecular formula is C20H21N. The molecule has 1 heteroatoms. The number of aromatic nitrogens is 1. The molecule has 1 nitrogen and oxygen atoms in total. The number of benzene rings is 2. The molecule has 0 bridgehead atoms. The maximum absolute atomic E-state index is 2.43. The van der Waals surface area contributed by atoms with Crippen LogP contribution in [-0.2, 0) is 0 Å². The first-order chi connectivity index (χ1) is 10.2. The zero-order chi connectivity index (χ0) is 14.8. The number of aryl methyl sites for hydroxylation is 1. The van der Waals surface area contributed by atoms with Gasteiger partial charge < -0.3 is 4.57 Å². The minimum Gasteiger partial charge on any atom is -0.341 e. The third-order valence-electron chi connectivity index (χ3n) is 4.24. The quantitative estimate of drug-likeness (QED) is 0.604. The van der Waals surface area contributed by atoms with E-state index < -0.39 is 0 Å². The van der Waals surface area contributed by atoms with Gasteiger partial charge in [0.25, 0.3) is 0 Å².